The van der Waals surface area contributed by atoms with E-state index in [0.717, 1.165) is 5.56 Å². The van der Waals surface area contributed by atoms with E-state index in [1.54, 1.807) is 39.7 Å². The van der Waals surface area contributed by atoms with Crippen LogP contribution >= 0.6 is 0 Å². The summed E-state index contributed by atoms with van der Waals surface area (Å²) in [7, 11) is 4.67. The minimum absolute atomic E-state index is 0.0343. The summed E-state index contributed by atoms with van der Waals surface area (Å²) >= 11 is 0. The molecule has 2 N–H and O–H groups in total. The predicted molar refractivity (Wildman–Crippen MR) is 68.8 cm³/mol. The summed E-state index contributed by atoms with van der Waals surface area (Å²) in [5, 5.41) is 12.6. The summed E-state index contributed by atoms with van der Waals surface area (Å²) in [5.74, 6) is 1.68. The van der Waals surface area contributed by atoms with Gasteiger partial charge in [0.15, 0.2) is 11.5 Å². The van der Waals surface area contributed by atoms with Gasteiger partial charge in [0.25, 0.3) is 0 Å². The monoisotopic (exact) mass is 254 g/mol. The van der Waals surface area contributed by atoms with Crippen LogP contribution in [0.3, 0.4) is 0 Å². The molecule has 0 spiro atoms. The highest BCUT2D eigenvalue weighted by Gasteiger charge is 2.12. The number of nitrogens with zero attached hydrogens (tertiary/aromatic N) is 1. The fourth-order valence-electron chi connectivity index (χ4n) is 1.41. The van der Waals surface area contributed by atoms with Crippen molar-refractivity contribution in [2.45, 2.75) is 0 Å². The molecule has 1 aromatic rings. The van der Waals surface area contributed by atoms with Gasteiger partial charge >= 0.3 is 0 Å². The molecule has 0 aliphatic heterocycles. The topological polar surface area (TPSA) is 72.3 Å². The minimum atomic E-state index is 0.0343. The van der Waals surface area contributed by atoms with Crippen LogP contribution in [0.15, 0.2) is 17.2 Å². The standard InChI is InChI=1S/C12H18N2O4/c1-16-10-6-9(8-14-13-4-5-15)7-11(17-2)12(10)18-3/h6-8,13,15H,4-5H2,1-3H3. The maximum Gasteiger partial charge on any atom is 0.203 e. The number of rotatable bonds is 7. The Morgan fingerprint density at radius 3 is 2.22 bits per heavy atom. The van der Waals surface area contributed by atoms with Crippen molar-refractivity contribution in [3.05, 3.63) is 17.7 Å². The molecule has 0 unspecified atom stereocenters. The van der Waals surface area contributed by atoms with E-state index in [1.165, 1.54) is 0 Å². The Hall–Kier alpha value is -1.95. The molecule has 1 rings (SSSR count). The molecule has 0 radical (unpaired) electrons. The lowest BCUT2D eigenvalue weighted by Gasteiger charge is -2.12. The summed E-state index contributed by atoms with van der Waals surface area (Å²) in [5.41, 5.74) is 3.49. The number of aliphatic hydroxyl groups excluding tert-OH is 1. The fraction of sp³-hybridized carbons (Fsp3) is 0.417. The molecule has 0 aromatic heterocycles. The van der Waals surface area contributed by atoms with Gasteiger partial charge in [-0.3, -0.25) is 0 Å². The molecule has 18 heavy (non-hydrogen) atoms. The zero-order valence-corrected chi connectivity index (χ0v) is 10.8. The number of hydrazone groups is 1. The van der Waals surface area contributed by atoms with Crippen LogP contribution in [0, 0.1) is 0 Å². The first-order valence-electron chi connectivity index (χ1n) is 5.43. The Kier molecular flexibility index (Phi) is 5.79. The lowest BCUT2D eigenvalue weighted by atomic mass is 10.2. The van der Waals surface area contributed by atoms with Gasteiger partial charge in [-0.05, 0) is 12.1 Å². The normalized spacial score (nSPS) is 10.4. The lowest BCUT2D eigenvalue weighted by molar-refractivity contribution is 0.294. The molecule has 0 fully saturated rings. The van der Waals surface area contributed by atoms with Crippen LogP contribution in [-0.2, 0) is 0 Å². The molecular weight excluding hydrogens is 236 g/mol. The van der Waals surface area contributed by atoms with Gasteiger partial charge in [-0.15, -0.1) is 0 Å². The molecule has 0 aliphatic carbocycles. The number of nitrogens with one attached hydrogen (secondary N) is 1. The predicted octanol–water partition coefficient (Wildman–Crippen LogP) is 0.628. The van der Waals surface area contributed by atoms with Crippen molar-refractivity contribution in [3.63, 3.8) is 0 Å². The molecule has 0 bridgehead atoms. The minimum Gasteiger partial charge on any atom is -0.493 e. The van der Waals surface area contributed by atoms with Gasteiger partial charge in [0.1, 0.15) is 0 Å². The molecule has 6 heteroatoms. The maximum absolute atomic E-state index is 8.60. The molecule has 0 heterocycles. The highest BCUT2D eigenvalue weighted by molar-refractivity contribution is 5.82. The second-order valence-corrected chi connectivity index (χ2v) is 3.35. The molecule has 6 nitrogen and oxygen atoms in total. The van der Waals surface area contributed by atoms with E-state index in [1.807, 2.05) is 0 Å². The summed E-state index contributed by atoms with van der Waals surface area (Å²) < 4.78 is 15.7. The van der Waals surface area contributed by atoms with Crippen LogP contribution in [0.2, 0.25) is 0 Å². The Morgan fingerprint density at radius 1 is 1.17 bits per heavy atom. The van der Waals surface area contributed by atoms with Crippen molar-refractivity contribution in [3.8, 4) is 17.2 Å². The Morgan fingerprint density at radius 2 is 1.78 bits per heavy atom. The van der Waals surface area contributed by atoms with Crippen LogP contribution in [0.25, 0.3) is 0 Å². The Bertz CT molecular complexity index is 382. The van der Waals surface area contributed by atoms with Gasteiger partial charge < -0.3 is 24.7 Å². The number of benzene rings is 1. The van der Waals surface area contributed by atoms with Crippen molar-refractivity contribution in [2.24, 2.45) is 5.10 Å². The van der Waals surface area contributed by atoms with Gasteiger partial charge in [0, 0.05) is 5.56 Å². The number of methoxy groups -OCH3 is 3. The van der Waals surface area contributed by atoms with Gasteiger partial charge in [0.05, 0.1) is 40.7 Å². The molecule has 0 saturated carbocycles. The zero-order valence-electron chi connectivity index (χ0n) is 10.8. The van der Waals surface area contributed by atoms with Crippen LogP contribution in [-0.4, -0.2) is 45.8 Å². The smallest absolute Gasteiger partial charge is 0.203 e. The van der Waals surface area contributed by atoms with E-state index in [9.17, 15) is 0 Å². The highest BCUT2D eigenvalue weighted by Crippen LogP contribution is 2.37. The van der Waals surface area contributed by atoms with Crippen molar-refractivity contribution in [1.82, 2.24) is 5.43 Å². The molecule has 0 saturated heterocycles. The SMILES string of the molecule is COc1cc(C=NNCCO)cc(OC)c1OC. The Labute approximate surface area is 106 Å². The Balaban J connectivity index is 2.96. The van der Waals surface area contributed by atoms with Gasteiger partial charge in [0.2, 0.25) is 5.75 Å². The third-order valence-electron chi connectivity index (χ3n) is 2.22. The molecule has 1 aromatic carbocycles. The van der Waals surface area contributed by atoms with Crippen molar-refractivity contribution < 1.29 is 19.3 Å². The summed E-state index contributed by atoms with van der Waals surface area (Å²) in [6.45, 7) is 0.438. The van der Waals surface area contributed by atoms with E-state index in [-0.39, 0.29) is 6.61 Å². The number of hydrogen-bond acceptors (Lipinski definition) is 6. The summed E-state index contributed by atoms with van der Waals surface area (Å²) in [6.07, 6.45) is 1.61. The first-order chi connectivity index (χ1) is 8.76. The zero-order chi connectivity index (χ0) is 13.4. The average Bonchev–Trinajstić information content (AvgIpc) is 2.42. The summed E-state index contributed by atoms with van der Waals surface area (Å²) in [6, 6.07) is 3.57. The number of hydrogen-bond donors (Lipinski definition) is 2. The van der Waals surface area contributed by atoms with Crippen LogP contribution < -0.4 is 19.6 Å². The number of aliphatic hydroxyl groups is 1. The average molecular weight is 254 g/mol. The van der Waals surface area contributed by atoms with E-state index in [4.69, 9.17) is 19.3 Å². The fourth-order valence-corrected chi connectivity index (χ4v) is 1.41. The maximum atomic E-state index is 8.60. The van der Waals surface area contributed by atoms with E-state index in [0.29, 0.717) is 23.8 Å². The largest absolute Gasteiger partial charge is 0.493 e. The van der Waals surface area contributed by atoms with Crippen molar-refractivity contribution in [1.29, 1.82) is 0 Å². The van der Waals surface area contributed by atoms with Gasteiger partial charge in [-0.2, -0.15) is 5.10 Å². The molecule has 100 valence electrons. The van der Waals surface area contributed by atoms with Crippen molar-refractivity contribution >= 4 is 6.21 Å². The quantitative estimate of drug-likeness (QED) is 0.424. The van der Waals surface area contributed by atoms with E-state index >= 15 is 0 Å². The molecule has 0 aliphatic rings. The second-order valence-electron chi connectivity index (χ2n) is 3.35. The lowest BCUT2D eigenvalue weighted by Crippen LogP contribution is -2.11. The van der Waals surface area contributed by atoms with E-state index < -0.39 is 0 Å². The van der Waals surface area contributed by atoms with Crippen LogP contribution in [0.1, 0.15) is 5.56 Å². The third-order valence-corrected chi connectivity index (χ3v) is 2.22. The molecular formula is C12H18N2O4. The first-order valence-corrected chi connectivity index (χ1v) is 5.43. The third kappa shape index (κ3) is 3.53. The number of ether oxygens (including phenoxy) is 3. The van der Waals surface area contributed by atoms with Crippen LogP contribution in [0.4, 0.5) is 0 Å². The van der Waals surface area contributed by atoms with Gasteiger partial charge in [-0.25, -0.2) is 0 Å². The summed E-state index contributed by atoms with van der Waals surface area (Å²) in [4.78, 5) is 0. The first kappa shape index (κ1) is 14.1. The van der Waals surface area contributed by atoms with Crippen molar-refractivity contribution in [2.75, 3.05) is 34.5 Å². The molecule has 0 amide bonds. The second kappa shape index (κ2) is 7.39. The van der Waals surface area contributed by atoms with Crippen LogP contribution in [0.5, 0.6) is 17.2 Å². The van der Waals surface area contributed by atoms with E-state index in [2.05, 4.69) is 10.5 Å². The molecule has 0 atom stereocenters. The highest BCUT2D eigenvalue weighted by atomic mass is 16.5. The van der Waals surface area contributed by atoms with Gasteiger partial charge in [-0.1, -0.05) is 0 Å².